The topological polar surface area (TPSA) is 37.3 Å². The van der Waals surface area contributed by atoms with Crippen molar-refractivity contribution in [2.24, 2.45) is 0 Å². The first-order chi connectivity index (χ1) is 2.27. The summed E-state index contributed by atoms with van der Waals surface area (Å²) in [7, 11) is 0. The van der Waals surface area contributed by atoms with E-state index in [-0.39, 0.29) is 7.43 Å². The van der Waals surface area contributed by atoms with Gasteiger partial charge in [0.2, 0.25) is 0 Å². The third kappa shape index (κ3) is 10.7. The Hall–Kier alpha value is -0.790. The molecule has 6 heavy (non-hydrogen) atoms. The summed E-state index contributed by atoms with van der Waals surface area (Å²) in [6.07, 6.45) is 0.833. The third-order valence-electron chi connectivity index (χ3n) is 0.175. The van der Waals surface area contributed by atoms with Crippen LogP contribution in [-0.2, 0) is 4.79 Å². The smallest absolute Gasteiger partial charge is 0.327 e. The number of carboxylic acid groups (broad SMARTS) is 1. The monoisotopic (exact) mass is 85.0 g/mol. The number of hydrogen-bond acceptors (Lipinski definition) is 1. The molecule has 0 atom stereocenters. The lowest BCUT2D eigenvalue weighted by Crippen LogP contribution is -1.82. The van der Waals surface area contributed by atoms with Gasteiger partial charge in [-0.15, -0.1) is 0 Å². The number of hydrogen-bond donors (Lipinski definition) is 1. The van der Waals surface area contributed by atoms with Crippen molar-refractivity contribution in [3.8, 4) is 0 Å². The molecule has 1 N–H and O–H groups in total. The lowest BCUT2D eigenvalue weighted by molar-refractivity contribution is -0.131. The van der Waals surface area contributed by atoms with E-state index in [1.54, 1.807) is 0 Å². The van der Waals surface area contributed by atoms with E-state index in [9.17, 15) is 4.79 Å². The van der Waals surface area contributed by atoms with Gasteiger partial charge >= 0.3 is 5.97 Å². The highest BCUT2D eigenvalue weighted by Gasteiger charge is 1.73. The van der Waals surface area contributed by atoms with Crippen molar-refractivity contribution in [3.05, 3.63) is 20.1 Å². The molecule has 0 aromatic carbocycles. The normalized spacial score (nSPS) is 5.33. The molecule has 0 bridgehead atoms. The van der Waals surface area contributed by atoms with Crippen LogP contribution < -0.4 is 0 Å². The molecule has 0 aromatic rings. The molecule has 0 saturated carbocycles. The van der Waals surface area contributed by atoms with Crippen molar-refractivity contribution in [1.82, 2.24) is 0 Å². The Kier molecular flexibility index (Phi) is 6.29. The Labute approximate surface area is 37.1 Å². The Morgan fingerprint density at radius 3 is 2.00 bits per heavy atom. The minimum Gasteiger partial charge on any atom is -0.478 e. The first-order valence-corrected chi connectivity index (χ1v) is 1.12. The van der Waals surface area contributed by atoms with E-state index in [4.69, 9.17) is 5.11 Å². The fraction of sp³-hybridized carbons (Fsp3) is 0. The van der Waals surface area contributed by atoms with Crippen LogP contribution in [0.15, 0.2) is 12.7 Å². The second-order valence-electron chi connectivity index (χ2n) is 0.542. The fourth-order valence-corrected chi connectivity index (χ4v) is 0. The van der Waals surface area contributed by atoms with Crippen molar-refractivity contribution < 1.29 is 9.90 Å². The average molecular weight is 85.1 g/mol. The first kappa shape index (κ1) is 8.96. The molecular weight excluding hydrogens is 80.0 g/mol. The van der Waals surface area contributed by atoms with Crippen LogP contribution in [0.3, 0.4) is 0 Å². The second kappa shape index (κ2) is 4.21. The van der Waals surface area contributed by atoms with Crippen LogP contribution in [0.1, 0.15) is 0 Å². The highest BCUT2D eigenvalue weighted by molar-refractivity contribution is 5.78. The lowest BCUT2D eigenvalue weighted by atomic mass is 10.7. The van der Waals surface area contributed by atoms with E-state index in [0.717, 1.165) is 6.08 Å². The molecule has 0 aliphatic carbocycles. The summed E-state index contributed by atoms with van der Waals surface area (Å²) >= 11 is 0. The molecule has 0 spiro atoms. The van der Waals surface area contributed by atoms with E-state index in [2.05, 4.69) is 6.58 Å². The van der Waals surface area contributed by atoms with E-state index in [1.165, 1.54) is 0 Å². The van der Waals surface area contributed by atoms with Gasteiger partial charge in [-0.05, 0) is 7.43 Å². The molecule has 0 heterocycles. The summed E-state index contributed by atoms with van der Waals surface area (Å²) in [4.78, 5) is 9.25. The average Bonchev–Trinajstić information content (AvgIpc) is 1.38. The van der Waals surface area contributed by atoms with Crippen LogP contribution in [0.25, 0.3) is 0 Å². The van der Waals surface area contributed by atoms with Gasteiger partial charge in [0.1, 0.15) is 0 Å². The quantitative estimate of drug-likeness (QED) is 0.470. The Morgan fingerprint density at radius 1 is 1.83 bits per heavy atom. The summed E-state index contributed by atoms with van der Waals surface area (Å²) in [6, 6.07) is 0. The van der Waals surface area contributed by atoms with Crippen molar-refractivity contribution >= 4 is 5.97 Å². The van der Waals surface area contributed by atoms with Crippen LogP contribution in [0.2, 0.25) is 0 Å². The van der Waals surface area contributed by atoms with E-state index in [0.29, 0.717) is 0 Å². The molecule has 0 rings (SSSR count). The molecule has 0 aromatic heterocycles. The largest absolute Gasteiger partial charge is 0.478 e. The summed E-state index contributed by atoms with van der Waals surface area (Å²) < 4.78 is 0. The summed E-state index contributed by atoms with van der Waals surface area (Å²) in [6.45, 7) is 2.96. The van der Waals surface area contributed by atoms with Crippen LogP contribution in [-0.4, -0.2) is 11.1 Å². The van der Waals surface area contributed by atoms with E-state index < -0.39 is 5.97 Å². The summed E-state index contributed by atoms with van der Waals surface area (Å²) in [5, 5.41) is 7.60. The van der Waals surface area contributed by atoms with Gasteiger partial charge in [0, 0.05) is 6.08 Å². The number of rotatable bonds is 1. The van der Waals surface area contributed by atoms with E-state index in [1.807, 2.05) is 0 Å². The van der Waals surface area contributed by atoms with Gasteiger partial charge in [0.25, 0.3) is 0 Å². The highest BCUT2D eigenvalue weighted by Crippen LogP contribution is 1.54. The van der Waals surface area contributed by atoms with E-state index >= 15 is 0 Å². The molecule has 2 nitrogen and oxygen atoms in total. The zero-order chi connectivity index (χ0) is 4.28. The number of carboxylic acids is 1. The molecule has 0 aliphatic rings. The Bertz CT molecular complexity index is 56.6. The molecule has 0 amide bonds. The molecule has 33 valence electrons. The molecule has 3 radical (unpaired) electrons. The maximum absolute atomic E-state index is 9.25. The zero-order valence-electron chi connectivity index (χ0n) is 3.22. The Balaban J connectivity index is 0. The Morgan fingerprint density at radius 2 is 2.00 bits per heavy atom. The predicted octanol–water partition coefficient (Wildman–Crippen LogP) is 0.461. The number of carbonyl (C=O) groups is 1. The highest BCUT2D eigenvalue weighted by atomic mass is 16.4. The van der Waals surface area contributed by atoms with Crippen molar-refractivity contribution in [1.29, 1.82) is 0 Å². The fourth-order valence-electron chi connectivity index (χ4n) is 0. The maximum atomic E-state index is 9.25. The minimum absolute atomic E-state index is 0. The zero-order valence-corrected chi connectivity index (χ0v) is 3.22. The van der Waals surface area contributed by atoms with Crippen LogP contribution >= 0.6 is 0 Å². The molecule has 0 saturated heterocycles. The second-order valence-corrected chi connectivity index (χ2v) is 0.542. The number of aliphatic carboxylic acids is 1. The van der Waals surface area contributed by atoms with Crippen molar-refractivity contribution in [2.75, 3.05) is 0 Å². The molecule has 0 unspecified atom stereocenters. The van der Waals surface area contributed by atoms with Gasteiger partial charge < -0.3 is 5.11 Å². The van der Waals surface area contributed by atoms with Crippen LogP contribution in [0.4, 0.5) is 0 Å². The van der Waals surface area contributed by atoms with Crippen molar-refractivity contribution in [2.45, 2.75) is 0 Å². The minimum atomic E-state index is -0.981. The summed E-state index contributed by atoms with van der Waals surface area (Å²) in [5.74, 6) is -0.981. The van der Waals surface area contributed by atoms with Gasteiger partial charge in [0.15, 0.2) is 0 Å². The summed E-state index contributed by atoms with van der Waals surface area (Å²) in [5.41, 5.74) is 0. The van der Waals surface area contributed by atoms with Gasteiger partial charge in [-0.3, -0.25) is 0 Å². The molecule has 0 fully saturated rings. The van der Waals surface area contributed by atoms with Crippen molar-refractivity contribution in [3.63, 3.8) is 0 Å². The molecule has 2 heteroatoms. The van der Waals surface area contributed by atoms with Gasteiger partial charge in [-0.1, -0.05) is 6.58 Å². The van der Waals surface area contributed by atoms with Crippen LogP contribution in [0, 0.1) is 7.43 Å². The maximum Gasteiger partial charge on any atom is 0.327 e. The predicted molar refractivity (Wildman–Crippen MR) is 22.1 cm³/mol. The van der Waals surface area contributed by atoms with Gasteiger partial charge in [0.05, 0.1) is 0 Å². The SMILES string of the molecule is C=CC(=O)O.[CH]. The molecule has 0 aliphatic heterocycles. The van der Waals surface area contributed by atoms with Crippen LogP contribution in [0.5, 0.6) is 0 Å². The van der Waals surface area contributed by atoms with Gasteiger partial charge in [-0.2, -0.15) is 0 Å². The van der Waals surface area contributed by atoms with Gasteiger partial charge in [-0.25, -0.2) is 4.79 Å². The lowest BCUT2D eigenvalue weighted by Gasteiger charge is -1.64. The first-order valence-electron chi connectivity index (χ1n) is 1.12. The standard InChI is InChI=1S/C3H4O2.CH/c1-2-3(4)5;/h2H,1H2,(H,4,5);1H. The molecular formula is C4H5O2. The third-order valence-corrected chi connectivity index (χ3v) is 0.175.